The maximum atomic E-state index is 14.4. The van der Waals surface area contributed by atoms with E-state index in [0.29, 0.717) is 16.5 Å². The topological polar surface area (TPSA) is 84.0 Å². The molecule has 0 aliphatic carbocycles. The van der Waals surface area contributed by atoms with Crippen LogP contribution in [0.4, 0.5) is 15.2 Å². The summed E-state index contributed by atoms with van der Waals surface area (Å²) in [6.45, 7) is 1.35. The molecule has 2 aromatic carbocycles. The lowest BCUT2D eigenvalue weighted by Gasteiger charge is -2.04. The summed E-state index contributed by atoms with van der Waals surface area (Å²) in [6, 6.07) is 12.1. The number of hydrogen-bond acceptors (Lipinski definition) is 6. The van der Waals surface area contributed by atoms with Crippen molar-refractivity contribution in [2.75, 3.05) is 10.6 Å². The van der Waals surface area contributed by atoms with E-state index in [1.165, 1.54) is 47.8 Å². The number of nitrogens with zero attached hydrogens (tertiary/aromatic N) is 2. The number of thiazole rings is 2. The van der Waals surface area contributed by atoms with Crippen LogP contribution in [0.3, 0.4) is 0 Å². The number of fused-ring (bicyclic) bond motifs is 1. The highest BCUT2D eigenvalue weighted by atomic mass is 32.1. The molecule has 0 atom stereocenters. The average molecular weight is 439 g/mol. The Bertz CT molecular complexity index is 1250. The van der Waals surface area contributed by atoms with Gasteiger partial charge in [-0.3, -0.25) is 14.9 Å². The molecule has 0 aliphatic rings. The maximum Gasteiger partial charge on any atom is 0.250 e. The van der Waals surface area contributed by atoms with Gasteiger partial charge < -0.3 is 5.32 Å². The third-order valence-electron chi connectivity index (χ3n) is 3.99. The summed E-state index contributed by atoms with van der Waals surface area (Å²) < 4.78 is 15.4. The van der Waals surface area contributed by atoms with Crippen LogP contribution in [0.25, 0.3) is 27.6 Å². The number of hydrogen-bond donors (Lipinski definition) is 2. The highest BCUT2D eigenvalue weighted by molar-refractivity contribution is 7.19. The summed E-state index contributed by atoms with van der Waals surface area (Å²) in [5.41, 5.74) is 1.94. The Morgan fingerprint density at radius 2 is 1.93 bits per heavy atom. The first-order valence-corrected chi connectivity index (χ1v) is 10.6. The molecule has 0 bridgehead atoms. The first kappa shape index (κ1) is 19.9. The van der Waals surface area contributed by atoms with Crippen molar-refractivity contribution in [3.63, 3.8) is 0 Å². The molecular formula is C21H15FN4O2S2. The number of amides is 2. The zero-order chi connectivity index (χ0) is 21.1. The molecule has 0 saturated carbocycles. The molecule has 0 aliphatic heterocycles. The second-order valence-corrected chi connectivity index (χ2v) is 8.18. The third kappa shape index (κ3) is 4.58. The number of anilines is 2. The summed E-state index contributed by atoms with van der Waals surface area (Å²) in [5, 5.41) is 7.94. The molecule has 2 heterocycles. The lowest BCUT2D eigenvalue weighted by molar-refractivity contribution is -0.114. The van der Waals surface area contributed by atoms with E-state index in [9.17, 15) is 14.0 Å². The monoisotopic (exact) mass is 438 g/mol. The van der Waals surface area contributed by atoms with Gasteiger partial charge in [0, 0.05) is 29.6 Å². The van der Waals surface area contributed by atoms with E-state index in [2.05, 4.69) is 20.6 Å². The number of nitrogens with one attached hydrogen (secondary N) is 2. The minimum Gasteiger partial charge on any atom is -0.326 e. The van der Waals surface area contributed by atoms with Gasteiger partial charge in [-0.15, -0.1) is 22.7 Å². The van der Waals surface area contributed by atoms with Crippen LogP contribution in [0.2, 0.25) is 0 Å². The molecule has 0 unspecified atom stereocenters. The number of carbonyl (C=O) groups excluding carboxylic acids is 2. The van der Waals surface area contributed by atoms with Crippen molar-refractivity contribution in [1.82, 2.24) is 9.97 Å². The second kappa shape index (κ2) is 8.52. The Hall–Kier alpha value is -3.43. The average Bonchev–Trinajstić information content (AvgIpc) is 3.32. The third-order valence-corrected chi connectivity index (χ3v) is 5.75. The van der Waals surface area contributed by atoms with Gasteiger partial charge in [0.05, 0.1) is 15.9 Å². The number of para-hydroxylation sites is 1. The highest BCUT2D eigenvalue weighted by Crippen LogP contribution is 2.29. The molecule has 4 aromatic rings. The summed E-state index contributed by atoms with van der Waals surface area (Å²) in [7, 11) is 0. The Kier molecular flexibility index (Phi) is 5.64. The van der Waals surface area contributed by atoms with E-state index in [-0.39, 0.29) is 17.4 Å². The van der Waals surface area contributed by atoms with E-state index >= 15 is 0 Å². The van der Waals surface area contributed by atoms with Crippen molar-refractivity contribution in [2.45, 2.75) is 6.92 Å². The van der Waals surface area contributed by atoms with Gasteiger partial charge >= 0.3 is 0 Å². The molecule has 0 saturated heterocycles. The molecule has 4 rings (SSSR count). The lowest BCUT2D eigenvalue weighted by atomic mass is 10.1. The van der Waals surface area contributed by atoms with Gasteiger partial charge in [-0.25, -0.2) is 14.4 Å². The predicted molar refractivity (Wildman–Crippen MR) is 119 cm³/mol. The van der Waals surface area contributed by atoms with Crippen LogP contribution in [0.15, 0.2) is 53.9 Å². The van der Waals surface area contributed by atoms with Crippen LogP contribution < -0.4 is 10.6 Å². The number of aromatic nitrogens is 2. The smallest absolute Gasteiger partial charge is 0.250 e. The molecule has 0 fully saturated rings. The van der Waals surface area contributed by atoms with Crippen molar-refractivity contribution in [1.29, 1.82) is 0 Å². The van der Waals surface area contributed by atoms with Crippen molar-refractivity contribution in [2.24, 2.45) is 0 Å². The van der Waals surface area contributed by atoms with E-state index in [1.54, 1.807) is 17.5 Å². The quantitative estimate of drug-likeness (QED) is 0.421. The van der Waals surface area contributed by atoms with Crippen molar-refractivity contribution in [3.05, 3.63) is 64.7 Å². The largest absolute Gasteiger partial charge is 0.326 e. The van der Waals surface area contributed by atoms with Gasteiger partial charge in [0.1, 0.15) is 10.8 Å². The molecule has 0 radical (unpaired) electrons. The van der Waals surface area contributed by atoms with Crippen LogP contribution in [0.5, 0.6) is 0 Å². The van der Waals surface area contributed by atoms with Gasteiger partial charge in [0.25, 0.3) is 0 Å². The van der Waals surface area contributed by atoms with Gasteiger partial charge in [-0.05, 0) is 36.4 Å². The Morgan fingerprint density at radius 1 is 1.10 bits per heavy atom. The second-order valence-electron chi connectivity index (χ2n) is 6.26. The first-order valence-electron chi connectivity index (χ1n) is 8.85. The van der Waals surface area contributed by atoms with Crippen LogP contribution in [-0.4, -0.2) is 21.8 Å². The Balaban J connectivity index is 1.44. The Labute approximate surface area is 179 Å². The highest BCUT2D eigenvalue weighted by Gasteiger charge is 2.12. The molecule has 2 N–H and O–H groups in total. The minimum absolute atomic E-state index is 0.278. The summed E-state index contributed by atoms with van der Waals surface area (Å²) in [4.78, 5) is 32.0. The fraction of sp³-hybridized carbons (Fsp3) is 0.0476. The minimum atomic E-state index is -0.514. The molecule has 9 heteroatoms. The summed E-state index contributed by atoms with van der Waals surface area (Å²) >= 11 is 2.69. The molecular weight excluding hydrogens is 423 g/mol. The van der Waals surface area contributed by atoms with Crippen LogP contribution in [-0.2, 0) is 9.59 Å². The number of benzene rings is 2. The van der Waals surface area contributed by atoms with Crippen molar-refractivity contribution in [3.8, 4) is 11.3 Å². The van der Waals surface area contributed by atoms with Crippen molar-refractivity contribution >= 4 is 61.6 Å². The zero-order valence-corrected chi connectivity index (χ0v) is 17.3. The van der Waals surface area contributed by atoms with Crippen LogP contribution in [0.1, 0.15) is 11.9 Å². The fourth-order valence-corrected chi connectivity index (χ4v) is 4.30. The molecule has 30 heavy (non-hydrogen) atoms. The van der Waals surface area contributed by atoms with E-state index in [0.717, 1.165) is 15.2 Å². The van der Waals surface area contributed by atoms with Gasteiger partial charge in [-0.1, -0.05) is 12.1 Å². The number of rotatable bonds is 5. The maximum absolute atomic E-state index is 14.4. The standard InChI is InChI=1S/C21H15FN4O2S2/c1-12(27)23-13-6-7-14(15(22)10-13)17-11-29-21(25-17)26-19(28)8-9-20-24-16-4-2-3-5-18(16)30-20/h2-11H,1H3,(H,23,27)(H,25,26,28)/b9-8+. The van der Waals surface area contributed by atoms with E-state index < -0.39 is 5.82 Å². The Morgan fingerprint density at radius 3 is 2.70 bits per heavy atom. The predicted octanol–water partition coefficient (Wildman–Crippen LogP) is 5.17. The van der Waals surface area contributed by atoms with Crippen molar-refractivity contribution < 1.29 is 14.0 Å². The van der Waals surface area contributed by atoms with E-state index in [4.69, 9.17) is 0 Å². The molecule has 6 nitrogen and oxygen atoms in total. The van der Waals surface area contributed by atoms with Gasteiger partial charge in [0.15, 0.2) is 5.13 Å². The first-order chi connectivity index (χ1) is 14.5. The molecule has 2 amide bonds. The summed E-state index contributed by atoms with van der Waals surface area (Å²) in [5.74, 6) is -1.14. The summed E-state index contributed by atoms with van der Waals surface area (Å²) in [6.07, 6.45) is 3.04. The van der Waals surface area contributed by atoms with Gasteiger partial charge in [-0.2, -0.15) is 0 Å². The SMILES string of the molecule is CC(=O)Nc1ccc(-c2csc(NC(=O)/C=C/c3nc4ccccc4s3)n2)c(F)c1. The normalized spacial score (nSPS) is 11.1. The molecule has 0 spiro atoms. The van der Waals surface area contributed by atoms with Crippen LogP contribution >= 0.6 is 22.7 Å². The van der Waals surface area contributed by atoms with E-state index in [1.807, 2.05) is 24.3 Å². The number of carbonyl (C=O) groups is 2. The fourth-order valence-electron chi connectivity index (χ4n) is 2.71. The number of halogens is 1. The molecule has 150 valence electrons. The van der Waals surface area contributed by atoms with Crippen LogP contribution in [0, 0.1) is 5.82 Å². The molecule has 2 aromatic heterocycles. The lowest BCUT2D eigenvalue weighted by Crippen LogP contribution is -2.07. The van der Waals surface area contributed by atoms with Gasteiger partial charge in [0.2, 0.25) is 11.8 Å². The zero-order valence-electron chi connectivity index (χ0n) is 15.7.